The molecule has 6 rings (SSSR count). The molecule has 3 aromatic rings. The Morgan fingerprint density at radius 3 is 2.67 bits per heavy atom. The first-order chi connectivity index (χ1) is 19.9. The maximum Gasteiger partial charge on any atom is 0.237 e. The Kier molecular flexibility index (Phi) is 10.1. The van der Waals surface area contributed by atoms with Crippen molar-refractivity contribution in [3.05, 3.63) is 40.9 Å². The highest BCUT2D eigenvalue weighted by Crippen LogP contribution is 2.42. The van der Waals surface area contributed by atoms with Gasteiger partial charge in [0.25, 0.3) is 0 Å². The highest BCUT2D eigenvalue weighted by molar-refractivity contribution is 7.99. The minimum absolute atomic E-state index is 0. The van der Waals surface area contributed by atoms with E-state index >= 15 is 0 Å². The topological polar surface area (TPSA) is 133 Å². The molecule has 3 fully saturated rings. The second kappa shape index (κ2) is 13.6. The summed E-state index contributed by atoms with van der Waals surface area (Å²) in [6.07, 6.45) is 10.8. The molecule has 0 saturated carbocycles. The van der Waals surface area contributed by atoms with Gasteiger partial charge >= 0.3 is 0 Å². The van der Waals surface area contributed by atoms with Crippen LogP contribution in [0.15, 0.2) is 40.8 Å². The predicted octanol–water partition coefficient (Wildman–Crippen LogP) is 5.18. The van der Waals surface area contributed by atoms with Gasteiger partial charge in [-0.25, -0.2) is 19.9 Å². The summed E-state index contributed by atoms with van der Waals surface area (Å²) < 4.78 is 17.2. The predicted molar refractivity (Wildman–Crippen MR) is 165 cm³/mol. The van der Waals surface area contributed by atoms with Gasteiger partial charge in [-0.15, -0.1) is 12.4 Å². The fourth-order valence-electron chi connectivity index (χ4n) is 5.45. The molecule has 3 aliphatic heterocycles. The summed E-state index contributed by atoms with van der Waals surface area (Å²) in [6, 6.07) is 1.90. The molecule has 3 saturated heterocycles. The van der Waals surface area contributed by atoms with Crippen molar-refractivity contribution in [2.75, 3.05) is 43.1 Å². The van der Waals surface area contributed by atoms with Crippen LogP contribution in [0.1, 0.15) is 32.6 Å². The molecule has 3 aliphatic rings. The van der Waals surface area contributed by atoms with Gasteiger partial charge in [0.2, 0.25) is 11.8 Å². The molecule has 6 heterocycles. The number of nitrogens with one attached hydrogen (secondary N) is 1. The van der Waals surface area contributed by atoms with Crippen LogP contribution in [-0.2, 0) is 9.47 Å². The van der Waals surface area contributed by atoms with Gasteiger partial charge in [-0.3, -0.25) is 0 Å². The number of pyridine rings is 1. The lowest BCUT2D eigenvalue weighted by Gasteiger charge is -2.41. The standard InChI is InChI=1S/C27H32Cl2N8O3S.ClH/c1-16-23(30)27(15-40-16)5-8-37(9-6-27)20-12-33-21(13-32-20)41-19-4-7-31-24(22(19)29)35-26-34-11-18(28)25(36-26)39-14-17-3-2-10-38-17;/h4,7,11-13,16-17,23H,2-3,5-6,8-10,14-15,30H2,1H3,(H,31,34,35,36);1H/t16-,17-,23+;/m0./s1. The monoisotopic (exact) mass is 654 g/mol. The van der Waals surface area contributed by atoms with Gasteiger partial charge in [0, 0.05) is 42.2 Å². The highest BCUT2D eigenvalue weighted by atomic mass is 35.5. The van der Waals surface area contributed by atoms with Crippen molar-refractivity contribution in [1.29, 1.82) is 0 Å². The fourth-order valence-corrected chi connectivity index (χ4v) is 6.62. The quantitative estimate of drug-likeness (QED) is 0.331. The van der Waals surface area contributed by atoms with E-state index in [2.05, 4.69) is 42.1 Å². The third-order valence-corrected chi connectivity index (χ3v) is 9.72. The van der Waals surface area contributed by atoms with Crippen molar-refractivity contribution < 1.29 is 14.2 Å². The summed E-state index contributed by atoms with van der Waals surface area (Å²) in [6.45, 7) is 5.68. The molecule has 1 spiro atoms. The van der Waals surface area contributed by atoms with Crippen molar-refractivity contribution in [2.24, 2.45) is 11.1 Å². The number of hydrogen-bond donors (Lipinski definition) is 2. The maximum atomic E-state index is 6.71. The largest absolute Gasteiger partial charge is 0.474 e. The molecule has 3 aromatic heterocycles. The zero-order valence-electron chi connectivity index (χ0n) is 23.0. The molecule has 3 N–H and O–H groups in total. The van der Waals surface area contributed by atoms with Crippen molar-refractivity contribution in [3.8, 4) is 5.88 Å². The smallest absolute Gasteiger partial charge is 0.237 e. The van der Waals surface area contributed by atoms with E-state index in [0.717, 1.165) is 62.7 Å². The molecular formula is C27H33Cl3N8O3S. The molecule has 226 valence electrons. The molecule has 0 aromatic carbocycles. The zero-order chi connectivity index (χ0) is 28.4. The lowest BCUT2D eigenvalue weighted by molar-refractivity contribution is 0.0664. The molecule has 3 atom stereocenters. The molecule has 0 amide bonds. The average molecular weight is 656 g/mol. The lowest BCUT2D eigenvalue weighted by atomic mass is 9.73. The molecule has 42 heavy (non-hydrogen) atoms. The summed E-state index contributed by atoms with van der Waals surface area (Å²) >= 11 is 14.4. The van der Waals surface area contributed by atoms with E-state index in [4.69, 9.17) is 43.1 Å². The van der Waals surface area contributed by atoms with Crippen LogP contribution in [0.3, 0.4) is 0 Å². The van der Waals surface area contributed by atoms with Crippen molar-refractivity contribution in [2.45, 2.75) is 60.8 Å². The van der Waals surface area contributed by atoms with E-state index in [0.29, 0.717) is 27.5 Å². The first-order valence-electron chi connectivity index (χ1n) is 13.7. The summed E-state index contributed by atoms with van der Waals surface area (Å²) in [5.74, 6) is 1.79. The number of aromatic nitrogens is 5. The highest BCUT2D eigenvalue weighted by Gasteiger charge is 2.47. The molecule has 11 nitrogen and oxygen atoms in total. The van der Waals surface area contributed by atoms with Gasteiger partial charge in [-0.05, 0) is 38.7 Å². The van der Waals surface area contributed by atoms with Crippen LogP contribution >= 0.6 is 47.4 Å². The zero-order valence-corrected chi connectivity index (χ0v) is 26.2. The second-order valence-electron chi connectivity index (χ2n) is 10.6. The van der Waals surface area contributed by atoms with Crippen molar-refractivity contribution >= 4 is 65.0 Å². The van der Waals surface area contributed by atoms with Crippen LogP contribution in [-0.4, -0.2) is 76.1 Å². The first kappa shape index (κ1) is 31.2. The number of ether oxygens (including phenoxy) is 3. The van der Waals surface area contributed by atoms with Crippen molar-refractivity contribution in [1.82, 2.24) is 24.9 Å². The van der Waals surface area contributed by atoms with E-state index in [-0.39, 0.29) is 47.9 Å². The van der Waals surface area contributed by atoms with Gasteiger partial charge in [0.15, 0.2) is 5.82 Å². The molecule has 15 heteroatoms. The van der Waals surface area contributed by atoms with E-state index < -0.39 is 0 Å². The summed E-state index contributed by atoms with van der Waals surface area (Å²) in [4.78, 5) is 25.3. The number of nitrogens with zero attached hydrogens (tertiary/aromatic N) is 6. The average Bonchev–Trinajstić information content (AvgIpc) is 3.61. The van der Waals surface area contributed by atoms with Gasteiger partial charge < -0.3 is 30.2 Å². The van der Waals surface area contributed by atoms with Crippen molar-refractivity contribution in [3.63, 3.8) is 0 Å². The third kappa shape index (κ3) is 6.80. The number of nitrogens with two attached hydrogens (primary N) is 1. The summed E-state index contributed by atoms with van der Waals surface area (Å²) in [5, 5.41) is 4.51. The van der Waals surface area contributed by atoms with Crippen LogP contribution in [0.2, 0.25) is 10.0 Å². The lowest BCUT2D eigenvalue weighted by Crippen LogP contribution is -2.50. The Balaban J connectivity index is 0.00000353. The van der Waals surface area contributed by atoms with E-state index in [1.165, 1.54) is 18.0 Å². The van der Waals surface area contributed by atoms with E-state index in [1.807, 2.05) is 12.3 Å². The molecule has 0 aliphatic carbocycles. The SMILES string of the molecule is C[C@@H]1OCC2(CCN(c3cnc(Sc4ccnc(Nc5ncc(Cl)c(OC[C@@H]6CCCO6)n5)c4Cl)cn3)CC2)[C@@H]1N.Cl. The number of rotatable bonds is 8. The normalized spacial score (nSPS) is 23.1. The number of anilines is 3. The third-order valence-electron chi connectivity index (χ3n) is 7.98. The van der Waals surface area contributed by atoms with Gasteiger partial charge in [-0.1, -0.05) is 35.0 Å². The molecule has 0 bridgehead atoms. The first-order valence-corrected chi connectivity index (χ1v) is 15.3. The van der Waals surface area contributed by atoms with Gasteiger partial charge in [0.1, 0.15) is 22.5 Å². The van der Waals surface area contributed by atoms with Crippen LogP contribution in [0.5, 0.6) is 5.88 Å². The minimum Gasteiger partial charge on any atom is -0.474 e. The second-order valence-corrected chi connectivity index (χ2v) is 12.4. The van der Waals surface area contributed by atoms with Crippen LogP contribution in [0.4, 0.5) is 17.6 Å². The Labute approximate surface area is 265 Å². The summed E-state index contributed by atoms with van der Waals surface area (Å²) in [5.41, 5.74) is 6.53. The Hall–Kier alpha value is -2.19. The van der Waals surface area contributed by atoms with Crippen LogP contribution in [0, 0.1) is 5.41 Å². The molecular weight excluding hydrogens is 623 g/mol. The van der Waals surface area contributed by atoms with E-state index in [1.54, 1.807) is 12.4 Å². The number of piperidine rings is 1. The molecule has 0 radical (unpaired) electrons. The maximum absolute atomic E-state index is 6.71. The Morgan fingerprint density at radius 1 is 1.14 bits per heavy atom. The Morgan fingerprint density at radius 2 is 1.98 bits per heavy atom. The number of hydrogen-bond acceptors (Lipinski definition) is 12. The van der Waals surface area contributed by atoms with Crippen LogP contribution in [0.25, 0.3) is 0 Å². The minimum atomic E-state index is 0. The van der Waals surface area contributed by atoms with Gasteiger partial charge in [0.05, 0.1) is 42.4 Å². The van der Waals surface area contributed by atoms with Gasteiger partial charge in [-0.2, -0.15) is 4.98 Å². The molecule has 0 unspecified atom stereocenters. The van der Waals surface area contributed by atoms with Crippen LogP contribution < -0.4 is 20.7 Å². The van der Waals surface area contributed by atoms with E-state index in [9.17, 15) is 0 Å². The summed E-state index contributed by atoms with van der Waals surface area (Å²) in [7, 11) is 0. The number of halogens is 3. The Bertz CT molecular complexity index is 1360. The fraction of sp³-hybridized carbons (Fsp3) is 0.519.